The fourth-order valence-corrected chi connectivity index (χ4v) is 6.22. The number of imidazole rings is 1. The van der Waals surface area contributed by atoms with Crippen LogP contribution in [0.1, 0.15) is 65.2 Å². The van der Waals surface area contributed by atoms with E-state index in [1.54, 1.807) is 24.8 Å². The number of ketones is 1. The molecule has 5 aromatic heterocycles. The van der Waals surface area contributed by atoms with Crippen molar-refractivity contribution in [3.63, 3.8) is 0 Å². The normalized spacial score (nSPS) is 20.3. The van der Waals surface area contributed by atoms with Gasteiger partial charge in [0.1, 0.15) is 11.5 Å². The summed E-state index contributed by atoms with van der Waals surface area (Å²) in [4.78, 5) is 48.8. The van der Waals surface area contributed by atoms with Crippen LogP contribution >= 0.6 is 0 Å². The maximum absolute atomic E-state index is 13.2. The van der Waals surface area contributed by atoms with Gasteiger partial charge >= 0.3 is 0 Å². The molecule has 2 aliphatic rings. The number of nitrogens with zero attached hydrogens (tertiary/aromatic N) is 8. The molecule has 2 saturated heterocycles. The third-order valence-corrected chi connectivity index (χ3v) is 7.94. The van der Waals surface area contributed by atoms with Gasteiger partial charge in [-0.05, 0) is 38.7 Å². The second kappa shape index (κ2) is 8.97. The predicted octanol–water partition coefficient (Wildman–Crippen LogP) is 2.22. The Morgan fingerprint density at radius 3 is 2.48 bits per heavy atom. The van der Waals surface area contributed by atoms with E-state index in [4.69, 9.17) is 16.5 Å². The zero-order valence-corrected chi connectivity index (χ0v) is 21.6. The molecular formula is C26H26N12O2. The molecule has 0 aromatic carbocycles. The lowest BCUT2D eigenvalue weighted by Gasteiger charge is -2.38. The third kappa shape index (κ3) is 3.71. The van der Waals surface area contributed by atoms with Gasteiger partial charge in [-0.25, -0.2) is 9.97 Å². The number of rotatable bonds is 5. The van der Waals surface area contributed by atoms with E-state index in [1.165, 1.54) is 11.4 Å². The smallest absolute Gasteiger partial charge is 0.291 e. The van der Waals surface area contributed by atoms with Crippen molar-refractivity contribution in [2.45, 2.75) is 50.6 Å². The number of H-pyrrole nitrogens is 2. The largest absolute Gasteiger partial charge is 0.383 e. The molecule has 2 aliphatic heterocycles. The average Bonchev–Trinajstić information content (AvgIpc) is 3.75. The van der Waals surface area contributed by atoms with Crippen molar-refractivity contribution in [2.75, 3.05) is 11.5 Å². The number of aromatic amines is 2. The molecule has 14 nitrogen and oxygen atoms in total. The topological polar surface area (TPSA) is 203 Å². The Morgan fingerprint density at radius 2 is 1.85 bits per heavy atom. The van der Waals surface area contributed by atoms with Crippen LogP contribution in [0.2, 0.25) is 0 Å². The molecule has 0 saturated carbocycles. The molecule has 1 amide bonds. The Morgan fingerprint density at radius 1 is 1.05 bits per heavy atom. The second-order valence-corrected chi connectivity index (χ2v) is 10.3. The van der Waals surface area contributed by atoms with Gasteiger partial charge in [-0.1, -0.05) is 6.07 Å². The maximum Gasteiger partial charge on any atom is 0.291 e. The van der Waals surface area contributed by atoms with Crippen LogP contribution in [0.15, 0.2) is 36.9 Å². The maximum atomic E-state index is 13.2. The zero-order chi connectivity index (χ0) is 27.5. The van der Waals surface area contributed by atoms with Gasteiger partial charge < -0.3 is 21.4 Å². The number of piperidine rings is 1. The summed E-state index contributed by atoms with van der Waals surface area (Å²) in [6.07, 6.45) is 9.86. The fourth-order valence-electron chi connectivity index (χ4n) is 6.22. The number of hydrogen-bond acceptors (Lipinski definition) is 10. The van der Waals surface area contributed by atoms with Crippen LogP contribution in [-0.4, -0.2) is 73.4 Å². The molecule has 2 fully saturated rings. The number of carbonyl (C=O) groups is 2. The molecule has 40 heavy (non-hydrogen) atoms. The summed E-state index contributed by atoms with van der Waals surface area (Å²) in [5.74, 6) is 0.647. The molecule has 7 rings (SSSR count). The van der Waals surface area contributed by atoms with Gasteiger partial charge in [0.05, 0.1) is 17.5 Å². The molecule has 0 radical (unpaired) electrons. The summed E-state index contributed by atoms with van der Waals surface area (Å²) in [6, 6.07) is 3.76. The van der Waals surface area contributed by atoms with Crippen LogP contribution in [0.4, 0.5) is 11.8 Å². The lowest BCUT2D eigenvalue weighted by molar-refractivity contribution is 0.0556. The number of anilines is 2. The van der Waals surface area contributed by atoms with Gasteiger partial charge in [0.2, 0.25) is 11.8 Å². The van der Waals surface area contributed by atoms with Gasteiger partial charge in [0.15, 0.2) is 17.3 Å². The Labute approximate surface area is 227 Å². The average molecular weight is 539 g/mol. The van der Waals surface area contributed by atoms with Crippen molar-refractivity contribution < 1.29 is 9.59 Å². The number of nitrogens with one attached hydrogen (secondary N) is 2. The van der Waals surface area contributed by atoms with Crippen LogP contribution < -0.4 is 11.5 Å². The highest BCUT2D eigenvalue weighted by Gasteiger charge is 2.46. The van der Waals surface area contributed by atoms with E-state index < -0.39 is 0 Å². The highest BCUT2D eigenvalue weighted by atomic mass is 16.2. The molecule has 14 heteroatoms. The molecule has 202 valence electrons. The van der Waals surface area contributed by atoms with Crippen LogP contribution in [0.3, 0.4) is 0 Å². The van der Waals surface area contributed by atoms with Gasteiger partial charge in [0, 0.05) is 47.7 Å². The molecule has 3 atom stereocenters. The Bertz CT molecular complexity index is 1740. The van der Waals surface area contributed by atoms with Crippen LogP contribution in [0, 0.1) is 0 Å². The first-order chi connectivity index (χ1) is 19.4. The Kier molecular flexibility index (Phi) is 5.37. The number of hydrogen-bond donors (Lipinski definition) is 4. The minimum absolute atomic E-state index is 0.0237. The van der Waals surface area contributed by atoms with E-state index in [-0.39, 0.29) is 47.3 Å². The quantitative estimate of drug-likeness (QED) is 0.240. The third-order valence-electron chi connectivity index (χ3n) is 7.94. The zero-order valence-electron chi connectivity index (χ0n) is 21.6. The van der Waals surface area contributed by atoms with Crippen molar-refractivity contribution in [3.05, 3.63) is 54.0 Å². The summed E-state index contributed by atoms with van der Waals surface area (Å²) in [7, 11) is 0. The predicted molar refractivity (Wildman–Crippen MR) is 144 cm³/mol. The number of carbonyl (C=O) groups excluding carboxylic acids is 2. The van der Waals surface area contributed by atoms with Crippen molar-refractivity contribution in [2.24, 2.45) is 0 Å². The van der Waals surface area contributed by atoms with Gasteiger partial charge in [0.25, 0.3) is 5.91 Å². The summed E-state index contributed by atoms with van der Waals surface area (Å²) in [5.41, 5.74) is 16.0. The van der Waals surface area contributed by atoms with Crippen LogP contribution in [-0.2, 0) is 0 Å². The van der Waals surface area contributed by atoms with Gasteiger partial charge in [-0.2, -0.15) is 14.6 Å². The molecule has 6 N–H and O–H groups in total. The second-order valence-electron chi connectivity index (χ2n) is 10.3. The summed E-state index contributed by atoms with van der Waals surface area (Å²) in [5, 5.41) is 10.9. The minimum atomic E-state index is -0.214. The van der Waals surface area contributed by atoms with E-state index in [0.717, 1.165) is 24.0 Å². The van der Waals surface area contributed by atoms with Crippen molar-refractivity contribution in [1.29, 1.82) is 0 Å². The summed E-state index contributed by atoms with van der Waals surface area (Å²) < 4.78 is 1.51. The number of aromatic nitrogens is 9. The molecule has 7 heterocycles. The highest BCUT2D eigenvalue weighted by Crippen LogP contribution is 2.45. The first-order valence-electron chi connectivity index (χ1n) is 13.0. The molecule has 0 aliphatic carbocycles. The number of fused-ring (bicyclic) bond motifs is 3. The first-order valence-corrected chi connectivity index (χ1v) is 13.0. The van der Waals surface area contributed by atoms with E-state index in [2.05, 4.69) is 35.2 Å². The van der Waals surface area contributed by atoms with Crippen LogP contribution in [0.25, 0.3) is 28.3 Å². The first kappa shape index (κ1) is 23.9. The van der Waals surface area contributed by atoms with E-state index in [9.17, 15) is 9.59 Å². The number of Topliss-reactive ketones (excluding diaryl/α,β-unsaturated/α-hetero) is 1. The number of pyridine rings is 1. The van der Waals surface area contributed by atoms with Gasteiger partial charge in [-0.3, -0.25) is 19.7 Å². The fraction of sp³-hybridized carbons (Fsp3) is 0.308. The van der Waals surface area contributed by atoms with Crippen LogP contribution in [0.5, 0.6) is 0 Å². The van der Waals surface area contributed by atoms with Crippen molar-refractivity contribution in [3.8, 4) is 22.6 Å². The minimum Gasteiger partial charge on any atom is -0.383 e. The van der Waals surface area contributed by atoms with E-state index in [0.29, 0.717) is 41.3 Å². The standard InChI is InChI=1S/C26H26N12O2/c1-12(39)19-20(14-8-15-3-4-16(9-14)37(15)25(40)23-34-26(28)36-35-23)33-24-17(11-32-38(24)21(19)27)13-2-5-18(31-10-13)22-29-6-7-30-22/h2,5-7,10-11,14-16H,3-4,8-9,27H2,1H3,(H,29,30)(H3,28,34,35,36)/t14?,15-,16+. The van der Waals surface area contributed by atoms with Gasteiger partial charge in [-0.15, -0.1) is 5.10 Å². The molecule has 5 aromatic rings. The van der Waals surface area contributed by atoms with Crippen molar-refractivity contribution in [1.82, 2.24) is 49.6 Å². The summed E-state index contributed by atoms with van der Waals surface area (Å²) >= 11 is 0. The Hall–Kier alpha value is -5.14. The number of nitrogen functional groups attached to an aromatic ring is 2. The highest BCUT2D eigenvalue weighted by molar-refractivity contribution is 6.00. The monoisotopic (exact) mass is 538 g/mol. The SMILES string of the molecule is CC(=O)c1c(C2C[C@H]3CC[C@@H](C2)N3C(=O)c2nc(N)n[nH]2)nc2c(-c3ccc(-c4ncc[nH]4)nc3)cnn2c1N. The molecular weight excluding hydrogens is 512 g/mol. The lowest BCUT2D eigenvalue weighted by atomic mass is 9.85. The Balaban J connectivity index is 1.25. The van der Waals surface area contributed by atoms with E-state index >= 15 is 0 Å². The molecule has 2 bridgehead atoms. The van der Waals surface area contributed by atoms with E-state index in [1.807, 2.05) is 17.0 Å². The number of nitrogens with two attached hydrogens (primary N) is 2. The molecule has 1 unspecified atom stereocenters. The number of amides is 1. The summed E-state index contributed by atoms with van der Waals surface area (Å²) in [6.45, 7) is 1.49. The lowest BCUT2D eigenvalue weighted by Crippen LogP contribution is -2.46. The molecule has 0 spiro atoms. The van der Waals surface area contributed by atoms with Crippen molar-refractivity contribution >= 4 is 29.1 Å².